The molecule has 4 heteroatoms. The highest BCUT2D eigenvalue weighted by Gasteiger charge is 2.25. The zero-order chi connectivity index (χ0) is 10.6. The minimum absolute atomic E-state index is 0.156. The molecule has 0 saturated carbocycles. The highest BCUT2D eigenvalue weighted by molar-refractivity contribution is 5.74. The highest BCUT2D eigenvalue weighted by atomic mass is 16.2. The van der Waals surface area contributed by atoms with Crippen LogP contribution in [0.25, 0.3) is 0 Å². The molecule has 0 aromatic heterocycles. The highest BCUT2D eigenvalue weighted by Crippen LogP contribution is 2.08. The molecule has 1 atom stereocenters. The molecule has 1 N–H and O–H groups in total. The van der Waals surface area contributed by atoms with Crippen LogP contribution in [0.3, 0.4) is 0 Å². The summed E-state index contributed by atoms with van der Waals surface area (Å²) in [6.07, 6.45) is 1.07. The summed E-state index contributed by atoms with van der Waals surface area (Å²) in [6, 6.07) is 0.534. The van der Waals surface area contributed by atoms with Gasteiger partial charge in [-0.15, -0.1) is 0 Å². The van der Waals surface area contributed by atoms with Gasteiger partial charge in [0.15, 0.2) is 0 Å². The first-order valence-electron chi connectivity index (χ1n) is 5.43. The summed E-state index contributed by atoms with van der Waals surface area (Å²) in [6.45, 7) is 7.58. The first-order chi connectivity index (χ1) is 6.70. The van der Waals surface area contributed by atoms with Crippen molar-refractivity contribution in [2.24, 2.45) is 0 Å². The van der Waals surface area contributed by atoms with Crippen molar-refractivity contribution in [3.63, 3.8) is 0 Å². The van der Waals surface area contributed by atoms with Crippen LogP contribution in [-0.2, 0) is 0 Å². The van der Waals surface area contributed by atoms with Crippen molar-refractivity contribution >= 4 is 6.03 Å². The topological polar surface area (TPSA) is 35.6 Å². The lowest BCUT2D eigenvalue weighted by molar-refractivity contribution is 0.154. The molecule has 0 aliphatic carbocycles. The zero-order valence-electron chi connectivity index (χ0n) is 9.42. The Bertz CT molecular complexity index is 186. The van der Waals surface area contributed by atoms with Crippen molar-refractivity contribution in [1.82, 2.24) is 15.1 Å². The van der Waals surface area contributed by atoms with Crippen LogP contribution in [-0.4, -0.2) is 55.1 Å². The molecule has 1 saturated heterocycles. The van der Waals surface area contributed by atoms with E-state index in [-0.39, 0.29) is 6.03 Å². The largest absolute Gasteiger partial charge is 0.325 e. The van der Waals surface area contributed by atoms with Crippen LogP contribution >= 0.6 is 0 Å². The molecule has 0 radical (unpaired) electrons. The van der Waals surface area contributed by atoms with E-state index in [1.165, 1.54) is 0 Å². The van der Waals surface area contributed by atoms with E-state index in [0.29, 0.717) is 6.04 Å². The first-order valence-corrected chi connectivity index (χ1v) is 5.43. The van der Waals surface area contributed by atoms with E-state index in [9.17, 15) is 4.79 Å². The van der Waals surface area contributed by atoms with Gasteiger partial charge >= 0.3 is 6.03 Å². The number of likely N-dealkylation sites (N-methyl/N-ethyl adjacent to an activating group) is 1. The van der Waals surface area contributed by atoms with Crippen LogP contribution in [0.5, 0.6) is 0 Å². The van der Waals surface area contributed by atoms with Crippen LogP contribution < -0.4 is 5.32 Å². The first kappa shape index (κ1) is 11.3. The lowest BCUT2D eigenvalue weighted by atomic mass is 10.2. The summed E-state index contributed by atoms with van der Waals surface area (Å²) >= 11 is 0. The van der Waals surface area contributed by atoms with Gasteiger partial charge in [-0.05, 0) is 26.8 Å². The number of hydrogen-bond acceptors (Lipinski definition) is 2. The van der Waals surface area contributed by atoms with Gasteiger partial charge in [-0.3, -0.25) is 0 Å². The summed E-state index contributed by atoms with van der Waals surface area (Å²) in [7, 11) is 1.90. The smallest absolute Gasteiger partial charge is 0.320 e. The number of amides is 2. The van der Waals surface area contributed by atoms with Gasteiger partial charge in [-0.1, -0.05) is 0 Å². The SMILES string of the molecule is CCN(CC)C(=O)N(C)[C@H]1CCNC1. The summed E-state index contributed by atoms with van der Waals surface area (Å²) in [5.41, 5.74) is 0. The Morgan fingerprint density at radius 3 is 2.50 bits per heavy atom. The zero-order valence-corrected chi connectivity index (χ0v) is 9.42. The van der Waals surface area contributed by atoms with E-state index in [1.54, 1.807) is 0 Å². The van der Waals surface area contributed by atoms with E-state index < -0.39 is 0 Å². The molecule has 1 fully saturated rings. The number of nitrogens with one attached hydrogen (secondary N) is 1. The second kappa shape index (κ2) is 5.20. The lowest BCUT2D eigenvalue weighted by Crippen LogP contribution is -2.46. The Labute approximate surface area is 86.2 Å². The number of hydrogen-bond donors (Lipinski definition) is 1. The standard InChI is InChI=1S/C10H21N3O/c1-4-13(5-2)10(14)12(3)9-6-7-11-8-9/h9,11H,4-8H2,1-3H3/t9-/m0/s1. The fourth-order valence-electron chi connectivity index (χ4n) is 1.84. The Morgan fingerprint density at radius 1 is 1.43 bits per heavy atom. The van der Waals surface area contributed by atoms with E-state index in [0.717, 1.165) is 32.6 Å². The van der Waals surface area contributed by atoms with E-state index in [2.05, 4.69) is 5.32 Å². The maximum atomic E-state index is 11.9. The van der Waals surface area contributed by atoms with Gasteiger partial charge in [0, 0.05) is 32.7 Å². The number of carbonyl (C=O) groups is 1. The fraction of sp³-hybridized carbons (Fsp3) is 0.900. The predicted octanol–water partition coefficient (Wildman–Crippen LogP) is 0.742. The summed E-state index contributed by atoms with van der Waals surface area (Å²) in [5, 5.41) is 3.27. The van der Waals surface area contributed by atoms with Crippen molar-refractivity contribution in [3.05, 3.63) is 0 Å². The Balaban J connectivity index is 2.49. The van der Waals surface area contributed by atoms with Crippen LogP contribution in [0, 0.1) is 0 Å². The summed E-state index contributed by atoms with van der Waals surface area (Å²) < 4.78 is 0. The van der Waals surface area contributed by atoms with Gasteiger partial charge in [0.25, 0.3) is 0 Å². The number of urea groups is 1. The van der Waals surface area contributed by atoms with Gasteiger partial charge < -0.3 is 15.1 Å². The van der Waals surface area contributed by atoms with E-state index in [1.807, 2.05) is 30.7 Å². The van der Waals surface area contributed by atoms with Crippen molar-refractivity contribution in [2.45, 2.75) is 26.3 Å². The molecule has 4 nitrogen and oxygen atoms in total. The van der Waals surface area contributed by atoms with Crippen molar-refractivity contribution in [3.8, 4) is 0 Å². The Kier molecular flexibility index (Phi) is 4.20. The van der Waals surface area contributed by atoms with E-state index >= 15 is 0 Å². The van der Waals surface area contributed by atoms with Gasteiger partial charge in [0.05, 0.1) is 0 Å². The maximum Gasteiger partial charge on any atom is 0.320 e. The molecule has 0 bridgehead atoms. The second-order valence-electron chi connectivity index (χ2n) is 3.71. The molecule has 1 aliphatic heterocycles. The predicted molar refractivity (Wildman–Crippen MR) is 57.4 cm³/mol. The Hall–Kier alpha value is -0.770. The Morgan fingerprint density at radius 2 is 2.07 bits per heavy atom. The third-order valence-corrected chi connectivity index (χ3v) is 2.92. The molecular formula is C10H21N3O. The van der Waals surface area contributed by atoms with Crippen LogP contribution in [0.2, 0.25) is 0 Å². The van der Waals surface area contributed by atoms with Gasteiger partial charge in [-0.25, -0.2) is 4.79 Å². The monoisotopic (exact) mass is 199 g/mol. The normalized spacial score (nSPS) is 20.9. The van der Waals surface area contributed by atoms with Crippen molar-refractivity contribution in [2.75, 3.05) is 33.2 Å². The molecular weight excluding hydrogens is 178 g/mol. The third kappa shape index (κ3) is 2.38. The number of carbonyl (C=O) groups excluding carboxylic acids is 1. The fourth-order valence-corrected chi connectivity index (χ4v) is 1.84. The molecule has 0 aromatic carbocycles. The van der Waals surface area contributed by atoms with Gasteiger partial charge in [0.1, 0.15) is 0 Å². The second-order valence-corrected chi connectivity index (χ2v) is 3.71. The number of nitrogens with zero attached hydrogens (tertiary/aromatic N) is 2. The minimum atomic E-state index is 0.156. The van der Waals surface area contributed by atoms with E-state index in [4.69, 9.17) is 0 Å². The molecule has 14 heavy (non-hydrogen) atoms. The van der Waals surface area contributed by atoms with Crippen LogP contribution in [0.1, 0.15) is 20.3 Å². The summed E-state index contributed by atoms with van der Waals surface area (Å²) in [4.78, 5) is 15.6. The minimum Gasteiger partial charge on any atom is -0.325 e. The maximum absolute atomic E-state index is 11.9. The van der Waals surface area contributed by atoms with Crippen molar-refractivity contribution in [1.29, 1.82) is 0 Å². The number of rotatable bonds is 3. The molecule has 82 valence electrons. The van der Waals surface area contributed by atoms with Crippen LogP contribution in [0.4, 0.5) is 4.79 Å². The molecule has 2 amide bonds. The van der Waals surface area contributed by atoms with Gasteiger partial charge in [-0.2, -0.15) is 0 Å². The average molecular weight is 199 g/mol. The molecule has 0 unspecified atom stereocenters. The molecule has 1 heterocycles. The average Bonchev–Trinajstić information content (AvgIpc) is 2.71. The van der Waals surface area contributed by atoms with Crippen LogP contribution in [0.15, 0.2) is 0 Å². The summed E-state index contributed by atoms with van der Waals surface area (Å²) in [5.74, 6) is 0. The van der Waals surface area contributed by atoms with Gasteiger partial charge in [0.2, 0.25) is 0 Å². The molecule has 0 aromatic rings. The lowest BCUT2D eigenvalue weighted by Gasteiger charge is -2.30. The third-order valence-electron chi connectivity index (χ3n) is 2.92. The molecule has 0 spiro atoms. The van der Waals surface area contributed by atoms with Crippen molar-refractivity contribution < 1.29 is 4.79 Å². The molecule has 1 rings (SSSR count). The molecule has 1 aliphatic rings. The quantitative estimate of drug-likeness (QED) is 0.727.